The van der Waals surface area contributed by atoms with E-state index in [1.54, 1.807) is 18.3 Å². The molecule has 0 spiro atoms. The number of alkyl halides is 3. The van der Waals surface area contributed by atoms with Crippen LogP contribution in [-0.2, 0) is 12.7 Å². The van der Waals surface area contributed by atoms with E-state index in [1.165, 1.54) is 17.7 Å². The van der Waals surface area contributed by atoms with Gasteiger partial charge in [-0.1, -0.05) is 30.3 Å². The summed E-state index contributed by atoms with van der Waals surface area (Å²) in [6.45, 7) is 4.19. The molecule has 0 bridgehead atoms. The van der Waals surface area contributed by atoms with Crippen LogP contribution in [0.25, 0.3) is 0 Å². The number of likely N-dealkylation sites (tertiary alicyclic amines) is 1. The molecule has 1 aromatic heterocycles. The summed E-state index contributed by atoms with van der Waals surface area (Å²) in [6, 6.07) is 19.3. The van der Waals surface area contributed by atoms with Crippen LogP contribution in [0.1, 0.15) is 47.3 Å². The Hall–Kier alpha value is -3.59. The highest BCUT2D eigenvalue weighted by Gasteiger charge is 2.30. The van der Waals surface area contributed by atoms with E-state index in [1.807, 2.05) is 6.07 Å². The van der Waals surface area contributed by atoms with Gasteiger partial charge in [-0.2, -0.15) is 13.2 Å². The lowest BCUT2D eigenvalue weighted by molar-refractivity contribution is -0.137. The van der Waals surface area contributed by atoms with Crippen LogP contribution >= 0.6 is 0 Å². The minimum atomic E-state index is -4.33. The van der Waals surface area contributed by atoms with Crippen molar-refractivity contribution in [2.24, 2.45) is 0 Å². The van der Waals surface area contributed by atoms with Gasteiger partial charge in [-0.3, -0.25) is 9.69 Å². The standard InChI is InChI=1S/C30H33F3N4O2/c31-30(32,33)23-6-8-25(9-7-23)37-18-14-26(15-19-37)39-27-10-11-28(34-20-27)29(38)35-24-12-16-36(17-13-24)21-22-4-2-1-3-5-22/h1-11,20,24,26H,12-19,21H2,(H,35,38). The molecule has 0 radical (unpaired) electrons. The van der Waals surface area contributed by atoms with Crippen LogP contribution in [0.4, 0.5) is 18.9 Å². The second kappa shape index (κ2) is 12.1. The maximum Gasteiger partial charge on any atom is 0.416 e. The highest BCUT2D eigenvalue weighted by Crippen LogP contribution is 2.31. The van der Waals surface area contributed by atoms with Crippen molar-refractivity contribution >= 4 is 11.6 Å². The summed E-state index contributed by atoms with van der Waals surface area (Å²) in [5.41, 5.74) is 1.81. The Morgan fingerprint density at radius 3 is 2.21 bits per heavy atom. The van der Waals surface area contributed by atoms with Crippen LogP contribution in [0.15, 0.2) is 72.9 Å². The minimum absolute atomic E-state index is 0.0155. The first-order chi connectivity index (χ1) is 18.8. The molecule has 2 aliphatic rings. The van der Waals surface area contributed by atoms with Crippen LogP contribution < -0.4 is 15.0 Å². The maximum absolute atomic E-state index is 12.8. The number of ether oxygens (including phenoxy) is 1. The lowest BCUT2D eigenvalue weighted by atomic mass is 10.0. The number of anilines is 1. The average Bonchev–Trinajstić information content (AvgIpc) is 2.95. The molecule has 5 rings (SSSR count). The van der Waals surface area contributed by atoms with Crippen molar-refractivity contribution in [3.05, 3.63) is 89.7 Å². The molecule has 2 aromatic carbocycles. The summed E-state index contributed by atoms with van der Waals surface area (Å²) < 4.78 is 44.5. The van der Waals surface area contributed by atoms with Crippen molar-refractivity contribution in [2.75, 3.05) is 31.1 Å². The quantitative estimate of drug-likeness (QED) is 0.428. The van der Waals surface area contributed by atoms with Gasteiger partial charge >= 0.3 is 6.18 Å². The Morgan fingerprint density at radius 2 is 1.59 bits per heavy atom. The van der Waals surface area contributed by atoms with Gasteiger partial charge in [-0.15, -0.1) is 0 Å². The number of carbonyl (C=O) groups excluding carboxylic acids is 1. The van der Waals surface area contributed by atoms with E-state index in [0.29, 0.717) is 24.5 Å². The van der Waals surface area contributed by atoms with E-state index in [0.717, 1.165) is 63.1 Å². The Labute approximate surface area is 226 Å². The minimum Gasteiger partial charge on any atom is -0.489 e. The number of nitrogens with one attached hydrogen (secondary N) is 1. The lowest BCUT2D eigenvalue weighted by Gasteiger charge is -2.33. The molecular weight excluding hydrogens is 505 g/mol. The first kappa shape index (κ1) is 27.0. The van der Waals surface area contributed by atoms with Gasteiger partial charge in [0.05, 0.1) is 11.8 Å². The van der Waals surface area contributed by atoms with Gasteiger partial charge in [0, 0.05) is 57.3 Å². The summed E-state index contributed by atoms with van der Waals surface area (Å²) in [4.78, 5) is 21.5. The van der Waals surface area contributed by atoms with Crippen molar-refractivity contribution in [3.8, 4) is 5.75 Å². The molecule has 39 heavy (non-hydrogen) atoms. The van der Waals surface area contributed by atoms with Crippen LogP contribution in [0.2, 0.25) is 0 Å². The fraction of sp³-hybridized carbons (Fsp3) is 0.400. The van der Waals surface area contributed by atoms with Gasteiger partial charge in [0.2, 0.25) is 0 Å². The number of halogens is 3. The fourth-order valence-electron chi connectivity index (χ4n) is 5.21. The number of rotatable bonds is 7. The topological polar surface area (TPSA) is 57.7 Å². The molecule has 0 saturated carbocycles. The number of benzene rings is 2. The van der Waals surface area contributed by atoms with Gasteiger partial charge in [0.25, 0.3) is 5.91 Å². The average molecular weight is 539 g/mol. The van der Waals surface area contributed by atoms with Gasteiger partial charge in [0.1, 0.15) is 17.5 Å². The van der Waals surface area contributed by atoms with Crippen LogP contribution in [0, 0.1) is 0 Å². The van der Waals surface area contributed by atoms with Crippen LogP contribution in [-0.4, -0.2) is 54.1 Å². The summed E-state index contributed by atoms with van der Waals surface area (Å²) in [6.07, 6.45) is 0.538. The highest BCUT2D eigenvalue weighted by molar-refractivity contribution is 5.92. The molecule has 1 amide bonds. The maximum atomic E-state index is 12.8. The SMILES string of the molecule is O=C(NC1CCN(Cc2ccccc2)CC1)c1ccc(OC2CCN(c3ccc(C(F)(F)F)cc3)CC2)cn1. The van der Waals surface area contributed by atoms with Crippen molar-refractivity contribution < 1.29 is 22.7 Å². The summed E-state index contributed by atoms with van der Waals surface area (Å²) >= 11 is 0. The molecule has 2 aliphatic heterocycles. The van der Waals surface area contributed by atoms with Crippen molar-refractivity contribution in [1.29, 1.82) is 0 Å². The second-order valence-electron chi connectivity index (χ2n) is 10.2. The summed E-state index contributed by atoms with van der Waals surface area (Å²) in [7, 11) is 0. The molecule has 2 saturated heterocycles. The Kier molecular flexibility index (Phi) is 8.35. The molecule has 1 N–H and O–H groups in total. The van der Waals surface area contributed by atoms with Crippen LogP contribution in [0.3, 0.4) is 0 Å². The number of amides is 1. The smallest absolute Gasteiger partial charge is 0.416 e. The Morgan fingerprint density at radius 1 is 0.897 bits per heavy atom. The number of hydrogen-bond donors (Lipinski definition) is 1. The monoisotopic (exact) mass is 538 g/mol. The van der Waals surface area contributed by atoms with E-state index in [-0.39, 0.29) is 18.1 Å². The summed E-state index contributed by atoms with van der Waals surface area (Å²) in [5.74, 6) is 0.432. The molecule has 6 nitrogen and oxygen atoms in total. The molecule has 0 atom stereocenters. The number of nitrogens with zero attached hydrogens (tertiary/aromatic N) is 3. The second-order valence-corrected chi connectivity index (χ2v) is 10.2. The normalized spacial score (nSPS) is 17.7. The fourth-order valence-corrected chi connectivity index (χ4v) is 5.21. The third kappa shape index (κ3) is 7.29. The zero-order chi connectivity index (χ0) is 27.2. The van der Waals surface area contributed by atoms with Gasteiger partial charge in [-0.25, -0.2) is 4.98 Å². The number of aromatic nitrogens is 1. The van der Waals surface area contributed by atoms with E-state index >= 15 is 0 Å². The molecule has 3 heterocycles. The first-order valence-electron chi connectivity index (χ1n) is 13.5. The third-order valence-electron chi connectivity index (χ3n) is 7.45. The molecule has 3 aromatic rings. The number of pyridine rings is 1. The Bertz CT molecular complexity index is 1200. The zero-order valence-corrected chi connectivity index (χ0v) is 21.7. The van der Waals surface area contributed by atoms with Crippen molar-refractivity contribution in [2.45, 2.75) is 50.6 Å². The van der Waals surface area contributed by atoms with Gasteiger partial charge in [-0.05, 0) is 54.8 Å². The largest absolute Gasteiger partial charge is 0.489 e. The van der Waals surface area contributed by atoms with E-state index < -0.39 is 11.7 Å². The van der Waals surface area contributed by atoms with Crippen LogP contribution in [0.5, 0.6) is 5.75 Å². The predicted octanol–water partition coefficient (Wildman–Crippen LogP) is 5.54. The first-order valence-corrected chi connectivity index (χ1v) is 13.5. The van der Waals surface area contributed by atoms with E-state index in [4.69, 9.17) is 4.74 Å². The molecule has 9 heteroatoms. The number of hydrogen-bond acceptors (Lipinski definition) is 5. The highest BCUT2D eigenvalue weighted by atomic mass is 19.4. The molecule has 0 aliphatic carbocycles. The third-order valence-corrected chi connectivity index (χ3v) is 7.45. The summed E-state index contributed by atoms with van der Waals surface area (Å²) in [5, 5.41) is 3.12. The van der Waals surface area contributed by atoms with E-state index in [2.05, 4.69) is 44.4 Å². The molecule has 2 fully saturated rings. The lowest BCUT2D eigenvalue weighted by Crippen LogP contribution is -2.44. The Balaban J connectivity index is 1.04. The molecule has 0 unspecified atom stereocenters. The molecular formula is C30H33F3N4O2. The number of piperidine rings is 2. The number of carbonyl (C=O) groups is 1. The van der Waals surface area contributed by atoms with Gasteiger partial charge in [0.15, 0.2) is 0 Å². The van der Waals surface area contributed by atoms with Crippen molar-refractivity contribution in [3.63, 3.8) is 0 Å². The predicted molar refractivity (Wildman–Crippen MR) is 144 cm³/mol. The van der Waals surface area contributed by atoms with Crippen molar-refractivity contribution in [1.82, 2.24) is 15.2 Å². The van der Waals surface area contributed by atoms with E-state index in [9.17, 15) is 18.0 Å². The van der Waals surface area contributed by atoms with Gasteiger partial charge < -0.3 is 15.0 Å². The molecule has 206 valence electrons. The zero-order valence-electron chi connectivity index (χ0n) is 21.7.